The first-order valence-corrected chi connectivity index (χ1v) is 12.6. The summed E-state index contributed by atoms with van der Waals surface area (Å²) in [4.78, 5) is -0.0820. The summed E-state index contributed by atoms with van der Waals surface area (Å²) >= 11 is 0. The van der Waals surface area contributed by atoms with E-state index in [0.717, 1.165) is 11.6 Å². The molecule has 0 amide bonds. The highest BCUT2D eigenvalue weighted by Gasteiger charge is 2.45. The summed E-state index contributed by atoms with van der Waals surface area (Å²) in [5.41, 5.74) is 0.970. The summed E-state index contributed by atoms with van der Waals surface area (Å²) in [6, 6.07) is 7.94. The lowest BCUT2D eigenvalue weighted by atomic mass is 10.1. The van der Waals surface area contributed by atoms with Crippen LogP contribution in [0.25, 0.3) is 0 Å². The van der Waals surface area contributed by atoms with Crippen LogP contribution in [0.4, 0.5) is 4.39 Å². The van der Waals surface area contributed by atoms with Gasteiger partial charge in [-0.15, -0.1) is 0 Å². The van der Waals surface area contributed by atoms with Crippen molar-refractivity contribution < 1.29 is 30.7 Å². The number of aryl methyl sites for hydroxylation is 1. The van der Waals surface area contributed by atoms with E-state index in [1.54, 1.807) is 18.2 Å². The van der Waals surface area contributed by atoms with E-state index in [0.29, 0.717) is 11.5 Å². The topological polar surface area (TPSA) is 98.8 Å². The fourth-order valence-electron chi connectivity index (χ4n) is 3.52. The van der Waals surface area contributed by atoms with Crippen molar-refractivity contribution >= 4 is 19.7 Å². The van der Waals surface area contributed by atoms with Crippen molar-refractivity contribution in [3.63, 3.8) is 0 Å². The van der Waals surface area contributed by atoms with Gasteiger partial charge in [-0.1, -0.05) is 6.07 Å². The Kier molecular flexibility index (Phi) is 6.40. The second kappa shape index (κ2) is 8.52. The number of hydrogen-bond donors (Lipinski definition) is 1. The summed E-state index contributed by atoms with van der Waals surface area (Å²) in [5, 5.41) is 1.91. The van der Waals surface area contributed by atoms with Crippen molar-refractivity contribution in [2.45, 2.75) is 29.7 Å². The molecule has 7 nitrogen and oxygen atoms in total. The summed E-state index contributed by atoms with van der Waals surface area (Å²) in [6.45, 7) is 1.71. The van der Waals surface area contributed by atoms with E-state index in [1.807, 2.05) is 0 Å². The van der Waals surface area contributed by atoms with Crippen LogP contribution in [0.2, 0.25) is 0 Å². The molecule has 2 aromatic carbocycles. The highest BCUT2D eigenvalue weighted by molar-refractivity contribution is 7.96. The Morgan fingerprint density at radius 2 is 1.77 bits per heavy atom. The molecule has 2 atom stereocenters. The van der Waals surface area contributed by atoms with Gasteiger partial charge in [0.15, 0.2) is 31.2 Å². The minimum atomic E-state index is -3.98. The number of ether oxygens (including phenoxy) is 2. The first kappa shape index (κ1) is 22.5. The van der Waals surface area contributed by atoms with Gasteiger partial charge in [-0.05, 0) is 48.4 Å². The Morgan fingerprint density at radius 1 is 1.07 bits per heavy atom. The van der Waals surface area contributed by atoms with E-state index in [4.69, 9.17) is 9.47 Å². The quantitative estimate of drug-likeness (QED) is 0.634. The number of nitrogens with one attached hydrogen (secondary N) is 1. The third-order valence-electron chi connectivity index (χ3n) is 5.17. The van der Waals surface area contributed by atoms with E-state index in [-0.39, 0.29) is 22.8 Å². The predicted molar refractivity (Wildman–Crippen MR) is 111 cm³/mol. The highest BCUT2D eigenvalue weighted by Crippen LogP contribution is 2.29. The molecule has 0 spiro atoms. The van der Waals surface area contributed by atoms with Crippen LogP contribution in [0.15, 0.2) is 41.3 Å². The van der Waals surface area contributed by atoms with Gasteiger partial charge < -0.3 is 14.8 Å². The molecule has 1 aliphatic heterocycles. The maximum absolute atomic E-state index is 13.6. The first-order chi connectivity index (χ1) is 14.1. The van der Waals surface area contributed by atoms with Crippen LogP contribution in [0.1, 0.15) is 11.1 Å². The smallest absolute Gasteiger partial charge is 0.183 e. The summed E-state index contributed by atoms with van der Waals surface area (Å²) < 4.78 is 74.8. The zero-order valence-corrected chi connectivity index (χ0v) is 18.5. The number of rotatable bonds is 7. The van der Waals surface area contributed by atoms with Crippen LogP contribution in [-0.2, 0) is 26.2 Å². The molecule has 164 valence electrons. The van der Waals surface area contributed by atoms with Gasteiger partial charge in [0.1, 0.15) is 5.82 Å². The lowest BCUT2D eigenvalue weighted by Crippen LogP contribution is -2.43. The van der Waals surface area contributed by atoms with Crippen molar-refractivity contribution in [3.05, 3.63) is 53.3 Å². The van der Waals surface area contributed by atoms with Gasteiger partial charge in [0.25, 0.3) is 0 Å². The molecular formula is C20H24FNO6S2. The van der Waals surface area contributed by atoms with Gasteiger partial charge in [-0.25, -0.2) is 21.2 Å². The van der Waals surface area contributed by atoms with Crippen LogP contribution >= 0.6 is 0 Å². The lowest BCUT2D eigenvalue weighted by Gasteiger charge is -2.20. The predicted octanol–water partition coefficient (Wildman–Crippen LogP) is 1.88. The Balaban J connectivity index is 1.85. The van der Waals surface area contributed by atoms with Crippen molar-refractivity contribution in [2.24, 2.45) is 0 Å². The molecule has 10 heteroatoms. The Bertz CT molecular complexity index is 1150. The highest BCUT2D eigenvalue weighted by atomic mass is 32.2. The molecule has 0 aliphatic carbocycles. The third-order valence-corrected chi connectivity index (χ3v) is 9.32. The Labute approximate surface area is 176 Å². The van der Waals surface area contributed by atoms with Crippen molar-refractivity contribution in [1.29, 1.82) is 0 Å². The molecule has 3 rings (SSSR count). The van der Waals surface area contributed by atoms with Crippen molar-refractivity contribution in [1.82, 2.24) is 5.32 Å². The average molecular weight is 458 g/mol. The van der Waals surface area contributed by atoms with Gasteiger partial charge in [-0.2, -0.15) is 0 Å². The van der Waals surface area contributed by atoms with Gasteiger partial charge >= 0.3 is 0 Å². The van der Waals surface area contributed by atoms with Crippen molar-refractivity contribution in [3.8, 4) is 11.5 Å². The number of sulfone groups is 2. The minimum absolute atomic E-state index is 0.0820. The Hall–Kier alpha value is -2.17. The van der Waals surface area contributed by atoms with E-state index in [1.165, 1.54) is 33.3 Å². The fourth-order valence-corrected chi connectivity index (χ4v) is 8.32. The maximum Gasteiger partial charge on any atom is 0.183 e. The summed E-state index contributed by atoms with van der Waals surface area (Å²) in [5.74, 6) is -0.213. The molecule has 0 radical (unpaired) electrons. The molecule has 1 aliphatic rings. The first-order valence-electron chi connectivity index (χ1n) is 9.22. The minimum Gasteiger partial charge on any atom is -0.493 e. The molecule has 1 saturated heterocycles. The second-order valence-corrected chi connectivity index (χ2v) is 11.6. The lowest BCUT2D eigenvalue weighted by molar-refractivity contribution is 0.354. The fraction of sp³-hybridized carbons (Fsp3) is 0.400. The zero-order valence-electron chi connectivity index (χ0n) is 16.9. The normalized spacial score (nSPS) is 20.8. The largest absolute Gasteiger partial charge is 0.493 e. The van der Waals surface area contributed by atoms with Crippen LogP contribution in [0.3, 0.4) is 0 Å². The molecule has 1 heterocycles. The van der Waals surface area contributed by atoms with E-state index >= 15 is 0 Å². The monoisotopic (exact) mass is 457 g/mol. The molecule has 0 bridgehead atoms. The number of hydrogen-bond acceptors (Lipinski definition) is 7. The van der Waals surface area contributed by atoms with Gasteiger partial charge in [0.05, 0.1) is 35.9 Å². The molecule has 0 unspecified atom stereocenters. The maximum atomic E-state index is 13.6. The second-order valence-electron chi connectivity index (χ2n) is 7.25. The van der Waals surface area contributed by atoms with E-state index in [2.05, 4.69) is 5.32 Å². The van der Waals surface area contributed by atoms with Crippen LogP contribution < -0.4 is 14.8 Å². The molecule has 0 saturated carbocycles. The molecule has 0 aromatic heterocycles. The van der Waals surface area contributed by atoms with Gasteiger partial charge in [0.2, 0.25) is 0 Å². The Morgan fingerprint density at radius 3 is 2.40 bits per heavy atom. The van der Waals surface area contributed by atoms with Crippen LogP contribution in [0.5, 0.6) is 11.5 Å². The average Bonchev–Trinajstić information content (AvgIpc) is 3.03. The summed E-state index contributed by atoms with van der Waals surface area (Å²) in [6.07, 6.45) is 0. The molecule has 1 fully saturated rings. The van der Waals surface area contributed by atoms with Gasteiger partial charge in [-0.3, -0.25) is 0 Å². The zero-order chi connectivity index (χ0) is 22.1. The molecule has 1 N–H and O–H groups in total. The molecule has 30 heavy (non-hydrogen) atoms. The third kappa shape index (κ3) is 4.60. The van der Waals surface area contributed by atoms with Crippen LogP contribution in [-0.4, -0.2) is 53.9 Å². The number of halogens is 1. The van der Waals surface area contributed by atoms with E-state index < -0.39 is 42.5 Å². The van der Waals surface area contributed by atoms with Crippen molar-refractivity contribution in [2.75, 3.05) is 25.7 Å². The van der Waals surface area contributed by atoms with E-state index in [9.17, 15) is 21.2 Å². The number of methoxy groups -OCH3 is 2. The number of benzene rings is 2. The van der Waals surface area contributed by atoms with Crippen LogP contribution in [0, 0.1) is 12.7 Å². The molecular weight excluding hydrogens is 433 g/mol. The summed E-state index contributed by atoms with van der Waals surface area (Å²) in [7, 11) is -4.50. The standard InChI is InChI=1S/C20H24FNO6S2/c1-13-8-15(5-6-16(13)21)30(25,26)20-12-29(23,24)11-17(20)22-10-14-4-7-18(27-2)19(9-14)28-3/h4-9,17,20,22H,10-12H2,1-3H3/t17-,20-/m0/s1. The molecule has 2 aromatic rings. The van der Waals surface area contributed by atoms with Gasteiger partial charge in [0, 0.05) is 12.6 Å². The SMILES string of the molecule is COc1ccc(CN[C@H]2CS(=O)(=O)C[C@@H]2S(=O)(=O)c2ccc(F)c(C)c2)cc1OC.